The molecule has 4 aliphatic rings. The van der Waals surface area contributed by atoms with Crippen LogP contribution in [-0.4, -0.2) is 11.0 Å². The van der Waals surface area contributed by atoms with Gasteiger partial charge in [-0.3, -0.25) is 15.6 Å². The van der Waals surface area contributed by atoms with Crippen molar-refractivity contribution in [2.45, 2.75) is 58.8 Å². The van der Waals surface area contributed by atoms with E-state index >= 15 is 0 Å². The van der Waals surface area contributed by atoms with E-state index in [1.165, 1.54) is 38.5 Å². The fourth-order valence-electron chi connectivity index (χ4n) is 6.40. The van der Waals surface area contributed by atoms with Gasteiger partial charge in [-0.25, -0.2) is 0 Å². The second kappa shape index (κ2) is 4.33. The molecule has 0 aromatic heterocycles. The number of carbonyl (C=O) groups is 1. The van der Waals surface area contributed by atoms with Gasteiger partial charge in [0.2, 0.25) is 5.91 Å². The maximum absolute atomic E-state index is 12.2. The van der Waals surface area contributed by atoms with Gasteiger partial charge >= 0.3 is 0 Å². The van der Waals surface area contributed by atoms with Crippen molar-refractivity contribution in [1.82, 2.24) is 10.9 Å². The van der Waals surface area contributed by atoms with Crippen LogP contribution in [0.5, 0.6) is 0 Å². The summed E-state index contributed by atoms with van der Waals surface area (Å²) in [5, 5.41) is 0.114. The van der Waals surface area contributed by atoms with Crippen LogP contribution in [0.1, 0.15) is 58.8 Å². The van der Waals surface area contributed by atoms with E-state index in [-0.39, 0.29) is 16.4 Å². The van der Waals surface area contributed by atoms with Crippen molar-refractivity contribution in [1.29, 1.82) is 0 Å². The number of hydrogen-bond acceptors (Lipinski definition) is 2. The van der Waals surface area contributed by atoms with Gasteiger partial charge in [-0.05, 0) is 72.9 Å². The molecule has 4 rings (SSSR count). The van der Waals surface area contributed by atoms with Crippen LogP contribution < -0.4 is 16.6 Å². The number of hydrogen-bond donors (Lipinski definition) is 3. The number of nitrogens with two attached hydrogens (primary N) is 1. The molecule has 1 amide bonds. The lowest BCUT2D eigenvalue weighted by atomic mass is 9.40. The average molecular weight is 295 g/mol. The first-order chi connectivity index (χ1) is 9.22. The molecule has 0 heterocycles. The third kappa shape index (κ3) is 2.52. The molecular weight excluding hydrogens is 270 g/mol. The van der Waals surface area contributed by atoms with Gasteiger partial charge in [0.1, 0.15) is 0 Å². The summed E-state index contributed by atoms with van der Waals surface area (Å²) >= 11 is 4.72. The molecule has 4 bridgehead atoms. The lowest BCUT2D eigenvalue weighted by molar-refractivity contribution is -0.156. The highest BCUT2D eigenvalue weighted by atomic mass is 32.1. The average Bonchev–Trinajstić information content (AvgIpc) is 2.20. The van der Waals surface area contributed by atoms with Crippen LogP contribution in [0.25, 0.3) is 0 Å². The van der Waals surface area contributed by atoms with Crippen LogP contribution >= 0.6 is 12.2 Å². The van der Waals surface area contributed by atoms with Crippen molar-refractivity contribution >= 4 is 23.2 Å². The fraction of sp³-hybridized carbons (Fsp3) is 0.867. The molecule has 2 atom stereocenters. The minimum absolute atomic E-state index is 0.0203. The highest BCUT2D eigenvalue weighted by Gasteiger charge is 2.60. The summed E-state index contributed by atoms with van der Waals surface area (Å²) in [4.78, 5) is 12.2. The van der Waals surface area contributed by atoms with E-state index in [2.05, 4.69) is 24.7 Å². The van der Waals surface area contributed by atoms with Crippen molar-refractivity contribution in [3.8, 4) is 0 Å². The second-order valence-electron chi connectivity index (χ2n) is 8.34. The number of amides is 1. The van der Waals surface area contributed by atoms with E-state index in [9.17, 15) is 4.79 Å². The van der Waals surface area contributed by atoms with E-state index in [0.29, 0.717) is 17.3 Å². The van der Waals surface area contributed by atoms with Crippen LogP contribution in [0, 0.1) is 22.2 Å². The van der Waals surface area contributed by atoms with Crippen LogP contribution in [0.3, 0.4) is 0 Å². The lowest BCUT2D eigenvalue weighted by Gasteiger charge is -2.65. The Bertz CT molecular complexity index is 446. The first kappa shape index (κ1) is 14.1. The summed E-state index contributed by atoms with van der Waals surface area (Å²) < 4.78 is 0. The number of thiocarbonyl (C=S) groups is 1. The van der Waals surface area contributed by atoms with E-state index in [0.717, 1.165) is 5.92 Å². The predicted octanol–water partition coefficient (Wildman–Crippen LogP) is 2.24. The van der Waals surface area contributed by atoms with Crippen molar-refractivity contribution in [3.05, 3.63) is 0 Å². The van der Waals surface area contributed by atoms with Gasteiger partial charge in [0.05, 0.1) is 0 Å². The molecule has 0 saturated heterocycles. The summed E-state index contributed by atoms with van der Waals surface area (Å²) in [5.41, 5.74) is 11.6. The summed E-state index contributed by atoms with van der Waals surface area (Å²) in [5.74, 6) is 0.838. The van der Waals surface area contributed by atoms with Gasteiger partial charge < -0.3 is 5.73 Å². The monoisotopic (exact) mass is 295 g/mol. The Morgan fingerprint density at radius 1 is 1.15 bits per heavy atom. The molecule has 2 unspecified atom stereocenters. The highest BCUT2D eigenvalue weighted by molar-refractivity contribution is 7.80. The zero-order chi connectivity index (χ0) is 14.6. The smallest absolute Gasteiger partial charge is 0.238 e. The SMILES string of the molecule is CC12CC3CC(C)(C1)CC(CC(=O)NNC(N)=S)(C3)C2. The maximum atomic E-state index is 12.2. The topological polar surface area (TPSA) is 67.2 Å². The Hall–Kier alpha value is -0.840. The van der Waals surface area contributed by atoms with E-state index < -0.39 is 0 Å². The van der Waals surface area contributed by atoms with Crippen molar-refractivity contribution in [3.63, 3.8) is 0 Å². The Balaban J connectivity index is 1.72. The standard InChI is InChI=1S/C15H25N3OS/c1-13-3-10-4-14(2,7-13)9-15(5-10,8-13)6-11(19)17-18-12(16)20/h10H,3-9H2,1-2H3,(H,17,19)(H3,16,18,20). The quantitative estimate of drug-likeness (QED) is 0.540. The summed E-state index contributed by atoms with van der Waals surface area (Å²) in [6, 6.07) is 0. The number of rotatable bonds is 2. The molecule has 4 N–H and O–H groups in total. The van der Waals surface area contributed by atoms with E-state index in [4.69, 9.17) is 18.0 Å². The zero-order valence-electron chi connectivity index (χ0n) is 12.4. The Labute approximate surface area is 126 Å². The minimum Gasteiger partial charge on any atom is -0.375 e. The third-order valence-electron chi connectivity index (χ3n) is 5.60. The number of hydrazine groups is 1. The van der Waals surface area contributed by atoms with Crippen LogP contribution in [0.15, 0.2) is 0 Å². The molecule has 0 radical (unpaired) electrons. The third-order valence-corrected chi connectivity index (χ3v) is 5.70. The molecule has 0 spiro atoms. The molecule has 4 saturated carbocycles. The molecular formula is C15H25N3OS. The molecule has 0 aromatic carbocycles. The normalized spacial score (nSPS) is 45.2. The van der Waals surface area contributed by atoms with Gasteiger partial charge in [-0.15, -0.1) is 0 Å². The lowest BCUT2D eigenvalue weighted by Crippen LogP contribution is -2.56. The fourth-order valence-corrected chi connectivity index (χ4v) is 6.45. The van der Waals surface area contributed by atoms with Crippen LogP contribution in [0.4, 0.5) is 0 Å². The van der Waals surface area contributed by atoms with E-state index in [1.54, 1.807) is 0 Å². The van der Waals surface area contributed by atoms with Gasteiger partial charge in [-0.1, -0.05) is 13.8 Å². The molecule has 0 aliphatic heterocycles. The molecule has 20 heavy (non-hydrogen) atoms. The summed E-state index contributed by atoms with van der Waals surface area (Å²) in [6.45, 7) is 4.85. The van der Waals surface area contributed by atoms with E-state index in [1.807, 2.05) is 0 Å². The molecule has 4 aliphatic carbocycles. The van der Waals surface area contributed by atoms with Gasteiger partial charge in [0.25, 0.3) is 0 Å². The molecule has 5 heteroatoms. The van der Waals surface area contributed by atoms with Gasteiger partial charge in [0, 0.05) is 6.42 Å². The molecule has 4 fully saturated rings. The Morgan fingerprint density at radius 3 is 2.25 bits per heavy atom. The van der Waals surface area contributed by atoms with Gasteiger partial charge in [0.15, 0.2) is 5.11 Å². The number of carbonyl (C=O) groups excluding carboxylic acids is 1. The van der Waals surface area contributed by atoms with Crippen molar-refractivity contribution in [2.75, 3.05) is 0 Å². The zero-order valence-corrected chi connectivity index (χ0v) is 13.2. The van der Waals surface area contributed by atoms with Crippen molar-refractivity contribution < 1.29 is 4.79 Å². The number of nitrogens with one attached hydrogen (secondary N) is 2. The molecule has 112 valence electrons. The first-order valence-corrected chi connectivity index (χ1v) is 7.97. The summed E-state index contributed by atoms with van der Waals surface area (Å²) in [6.07, 6.45) is 8.28. The maximum Gasteiger partial charge on any atom is 0.238 e. The summed E-state index contributed by atoms with van der Waals surface area (Å²) in [7, 11) is 0. The molecule has 0 aromatic rings. The highest BCUT2D eigenvalue weighted by Crippen LogP contribution is 2.70. The predicted molar refractivity (Wildman–Crippen MR) is 82.5 cm³/mol. The minimum atomic E-state index is 0.0203. The Morgan fingerprint density at radius 2 is 1.75 bits per heavy atom. The van der Waals surface area contributed by atoms with Crippen molar-refractivity contribution in [2.24, 2.45) is 27.9 Å². The van der Waals surface area contributed by atoms with Crippen LogP contribution in [-0.2, 0) is 4.79 Å². The molecule has 4 nitrogen and oxygen atoms in total. The second-order valence-corrected chi connectivity index (χ2v) is 8.78. The Kier molecular flexibility index (Phi) is 3.05. The largest absolute Gasteiger partial charge is 0.375 e. The van der Waals surface area contributed by atoms with Crippen LogP contribution in [0.2, 0.25) is 0 Å². The first-order valence-electron chi connectivity index (χ1n) is 7.56. The van der Waals surface area contributed by atoms with Gasteiger partial charge in [-0.2, -0.15) is 0 Å².